The lowest BCUT2D eigenvalue weighted by Gasteiger charge is -2.22. The number of aryl methyl sites for hydroxylation is 1. The molecule has 0 spiro atoms. The van der Waals surface area contributed by atoms with E-state index in [-0.39, 0.29) is 17.8 Å². The quantitative estimate of drug-likeness (QED) is 0.750. The maximum absolute atomic E-state index is 12.2. The van der Waals surface area contributed by atoms with E-state index in [1.165, 1.54) is 11.1 Å². The minimum atomic E-state index is -0.281. The summed E-state index contributed by atoms with van der Waals surface area (Å²) in [5.41, 5.74) is 4.54. The van der Waals surface area contributed by atoms with Gasteiger partial charge in [-0.15, -0.1) is 0 Å². The van der Waals surface area contributed by atoms with Gasteiger partial charge in [0, 0.05) is 5.92 Å². The van der Waals surface area contributed by atoms with Crippen LogP contribution in [0.2, 0.25) is 0 Å². The Kier molecular flexibility index (Phi) is 2.85. The second-order valence-corrected chi connectivity index (χ2v) is 5.56. The van der Waals surface area contributed by atoms with Crippen molar-refractivity contribution < 1.29 is 9.63 Å². The van der Waals surface area contributed by atoms with Gasteiger partial charge in [0.05, 0.1) is 5.71 Å². The molecule has 2 atom stereocenters. The molecule has 0 bridgehead atoms. The molecule has 2 aromatic rings. The van der Waals surface area contributed by atoms with Crippen molar-refractivity contribution >= 4 is 11.7 Å². The molecule has 0 aromatic heterocycles. The Morgan fingerprint density at radius 2 is 1.67 bits per heavy atom. The van der Waals surface area contributed by atoms with E-state index in [4.69, 9.17) is 4.84 Å². The van der Waals surface area contributed by atoms with Crippen molar-refractivity contribution in [1.82, 2.24) is 0 Å². The first-order valence-electron chi connectivity index (χ1n) is 7.25. The van der Waals surface area contributed by atoms with Crippen LogP contribution in [-0.4, -0.2) is 11.7 Å². The highest BCUT2D eigenvalue weighted by atomic mass is 16.7. The highest BCUT2D eigenvalue weighted by Gasteiger charge is 2.42. The van der Waals surface area contributed by atoms with Gasteiger partial charge < -0.3 is 4.84 Å². The predicted molar refractivity (Wildman–Crippen MR) is 80.1 cm³/mol. The van der Waals surface area contributed by atoms with Crippen molar-refractivity contribution in [2.45, 2.75) is 18.8 Å². The van der Waals surface area contributed by atoms with Crippen LogP contribution in [0.5, 0.6) is 0 Å². The molecule has 0 radical (unpaired) electrons. The summed E-state index contributed by atoms with van der Waals surface area (Å²) in [7, 11) is 0. The molecule has 1 aliphatic heterocycles. The van der Waals surface area contributed by atoms with Crippen LogP contribution in [0.4, 0.5) is 0 Å². The van der Waals surface area contributed by atoms with Gasteiger partial charge in [-0.2, -0.15) is 0 Å². The Morgan fingerprint density at radius 3 is 2.52 bits per heavy atom. The number of hydrogen-bond donors (Lipinski definition) is 0. The second kappa shape index (κ2) is 4.85. The zero-order chi connectivity index (χ0) is 14.2. The van der Waals surface area contributed by atoms with Crippen LogP contribution in [0, 0.1) is 5.92 Å². The molecule has 3 heteroatoms. The van der Waals surface area contributed by atoms with Gasteiger partial charge in [0.25, 0.3) is 0 Å². The van der Waals surface area contributed by atoms with Crippen LogP contribution >= 0.6 is 0 Å². The molecule has 3 nitrogen and oxygen atoms in total. The molecule has 0 saturated carbocycles. The molecule has 2 aliphatic rings. The average molecular weight is 277 g/mol. The van der Waals surface area contributed by atoms with Gasteiger partial charge >= 0.3 is 5.97 Å². The van der Waals surface area contributed by atoms with Crippen LogP contribution in [-0.2, 0) is 16.1 Å². The molecule has 2 unspecified atom stereocenters. The maximum Gasteiger partial charge on any atom is 0.344 e. The molecule has 2 aromatic carbocycles. The van der Waals surface area contributed by atoms with Crippen molar-refractivity contribution in [3.8, 4) is 0 Å². The fourth-order valence-electron chi connectivity index (χ4n) is 3.42. The summed E-state index contributed by atoms with van der Waals surface area (Å²) >= 11 is 0. The lowest BCUT2D eigenvalue weighted by atomic mass is 9.79. The number of hydrogen-bond acceptors (Lipinski definition) is 3. The van der Waals surface area contributed by atoms with E-state index in [1.54, 1.807) is 0 Å². The second-order valence-electron chi connectivity index (χ2n) is 5.56. The molecule has 104 valence electrons. The van der Waals surface area contributed by atoms with E-state index >= 15 is 0 Å². The van der Waals surface area contributed by atoms with Gasteiger partial charge in [-0.1, -0.05) is 59.8 Å². The van der Waals surface area contributed by atoms with Gasteiger partial charge in [-0.25, -0.2) is 4.79 Å². The number of fused-ring (bicyclic) bond motifs is 2. The molecule has 21 heavy (non-hydrogen) atoms. The summed E-state index contributed by atoms with van der Waals surface area (Å²) in [6.07, 6.45) is 1.70. The molecule has 0 amide bonds. The normalized spacial score (nSPS) is 23.6. The van der Waals surface area contributed by atoms with Gasteiger partial charge in [0.2, 0.25) is 0 Å². The Bertz CT molecular complexity index is 721. The summed E-state index contributed by atoms with van der Waals surface area (Å²) < 4.78 is 0. The number of carbonyl (C=O) groups excluding carboxylic acids is 1. The Labute approximate surface area is 123 Å². The number of carbonyl (C=O) groups is 1. The zero-order valence-corrected chi connectivity index (χ0v) is 11.5. The predicted octanol–water partition coefficient (Wildman–Crippen LogP) is 3.29. The summed E-state index contributed by atoms with van der Waals surface area (Å²) in [6, 6.07) is 18.6. The van der Waals surface area contributed by atoms with Crippen LogP contribution in [0.1, 0.15) is 29.0 Å². The summed E-state index contributed by atoms with van der Waals surface area (Å²) in [4.78, 5) is 17.2. The first-order chi connectivity index (χ1) is 10.3. The van der Waals surface area contributed by atoms with Crippen molar-refractivity contribution in [1.29, 1.82) is 0 Å². The van der Waals surface area contributed by atoms with E-state index in [0.717, 1.165) is 24.1 Å². The highest BCUT2D eigenvalue weighted by Crippen LogP contribution is 2.41. The van der Waals surface area contributed by atoms with Crippen molar-refractivity contribution in [2.75, 3.05) is 0 Å². The standard InChI is InChI=1S/C18H15NO2/c20-18-17-15(19-21-18)11-10-12-6-4-5-9-14(12)16(17)13-7-2-1-3-8-13/h1-9,16-17H,10-11H2. The molecular formula is C18H15NO2. The van der Waals surface area contributed by atoms with E-state index in [9.17, 15) is 4.79 Å². The third kappa shape index (κ3) is 1.97. The van der Waals surface area contributed by atoms with Gasteiger partial charge in [0.15, 0.2) is 0 Å². The van der Waals surface area contributed by atoms with E-state index < -0.39 is 0 Å². The summed E-state index contributed by atoms with van der Waals surface area (Å²) in [5, 5.41) is 4.02. The minimum absolute atomic E-state index is 0.00125. The Hall–Kier alpha value is -2.42. The molecule has 1 heterocycles. The van der Waals surface area contributed by atoms with Crippen LogP contribution < -0.4 is 0 Å². The molecule has 0 saturated heterocycles. The average Bonchev–Trinajstić information content (AvgIpc) is 2.80. The summed E-state index contributed by atoms with van der Waals surface area (Å²) in [6.45, 7) is 0. The molecule has 0 N–H and O–H groups in total. The Balaban J connectivity index is 1.93. The zero-order valence-electron chi connectivity index (χ0n) is 11.5. The number of oxime groups is 1. The summed E-state index contributed by atoms with van der Waals surface area (Å²) in [5.74, 6) is -0.509. The fraction of sp³-hybridized carbons (Fsp3) is 0.222. The molecule has 4 rings (SSSR count). The first kappa shape index (κ1) is 12.3. The highest BCUT2D eigenvalue weighted by molar-refractivity contribution is 6.06. The lowest BCUT2D eigenvalue weighted by Crippen LogP contribution is -2.25. The third-order valence-electron chi connectivity index (χ3n) is 4.40. The maximum atomic E-state index is 12.2. The van der Waals surface area contributed by atoms with Crippen molar-refractivity contribution in [3.63, 3.8) is 0 Å². The smallest absolute Gasteiger partial charge is 0.318 e. The minimum Gasteiger partial charge on any atom is -0.318 e. The van der Waals surface area contributed by atoms with Crippen molar-refractivity contribution in [2.24, 2.45) is 11.1 Å². The number of rotatable bonds is 1. The lowest BCUT2D eigenvalue weighted by molar-refractivity contribution is -0.143. The van der Waals surface area contributed by atoms with Crippen LogP contribution in [0.15, 0.2) is 59.8 Å². The SMILES string of the molecule is O=C1ON=C2CCc3ccccc3C(c3ccccc3)C12. The van der Waals surface area contributed by atoms with Crippen LogP contribution in [0.3, 0.4) is 0 Å². The van der Waals surface area contributed by atoms with E-state index in [1.807, 2.05) is 24.3 Å². The monoisotopic (exact) mass is 277 g/mol. The fourth-order valence-corrected chi connectivity index (χ4v) is 3.42. The molecule has 0 fully saturated rings. The molecular weight excluding hydrogens is 262 g/mol. The van der Waals surface area contributed by atoms with Crippen LogP contribution in [0.25, 0.3) is 0 Å². The third-order valence-corrected chi connectivity index (χ3v) is 4.40. The van der Waals surface area contributed by atoms with Gasteiger partial charge in [0.1, 0.15) is 5.92 Å². The van der Waals surface area contributed by atoms with Gasteiger partial charge in [-0.05, 0) is 29.5 Å². The van der Waals surface area contributed by atoms with Gasteiger partial charge in [-0.3, -0.25) is 0 Å². The molecule has 1 aliphatic carbocycles. The number of benzene rings is 2. The van der Waals surface area contributed by atoms with Crippen molar-refractivity contribution in [3.05, 3.63) is 71.3 Å². The Morgan fingerprint density at radius 1 is 0.905 bits per heavy atom. The topological polar surface area (TPSA) is 38.7 Å². The van der Waals surface area contributed by atoms with E-state index in [0.29, 0.717) is 0 Å². The number of nitrogens with zero attached hydrogens (tertiary/aromatic N) is 1. The largest absolute Gasteiger partial charge is 0.344 e. The van der Waals surface area contributed by atoms with E-state index in [2.05, 4.69) is 35.5 Å². The first-order valence-corrected chi connectivity index (χ1v) is 7.25.